The van der Waals surface area contributed by atoms with Crippen molar-refractivity contribution in [2.24, 2.45) is 17.3 Å². The van der Waals surface area contributed by atoms with Crippen molar-refractivity contribution >= 4 is 16.6 Å². The van der Waals surface area contributed by atoms with Crippen LogP contribution in [0.1, 0.15) is 96.1 Å². The number of fused-ring (bicyclic) bond motifs is 4. The van der Waals surface area contributed by atoms with Crippen LogP contribution >= 0.6 is 0 Å². The molecular weight excluding hydrogens is 595 g/mol. The fraction of sp³-hybridized carbons (Fsp3) is 0.757. The summed E-state index contributed by atoms with van der Waals surface area (Å²) < 4.78 is 25.8. The van der Waals surface area contributed by atoms with Gasteiger partial charge < -0.3 is 23.4 Å². The topological polar surface area (TPSA) is 80.9 Å². The van der Waals surface area contributed by atoms with Crippen molar-refractivity contribution in [1.29, 1.82) is 5.26 Å². The quantitative estimate of drug-likeness (QED) is 0.245. The van der Waals surface area contributed by atoms with Crippen molar-refractivity contribution in [3.8, 4) is 6.07 Å². The number of ether oxygens (including phenoxy) is 2. The summed E-state index contributed by atoms with van der Waals surface area (Å²) in [6.07, 6.45) is 6.41. The molecule has 6 nitrogen and oxygen atoms in total. The van der Waals surface area contributed by atoms with Gasteiger partial charge in [-0.05, 0) is 105 Å². The Kier molecular flexibility index (Phi) is 8.29. The van der Waals surface area contributed by atoms with Gasteiger partial charge in [0.1, 0.15) is 5.60 Å². The number of aliphatic hydroxyl groups is 1. The largest absolute Gasteiger partial charge is 0.413 e. The lowest BCUT2D eigenvalue weighted by Crippen LogP contribution is -2.57. The van der Waals surface area contributed by atoms with Crippen molar-refractivity contribution in [3.05, 3.63) is 46.5 Å². The van der Waals surface area contributed by atoms with E-state index in [1.165, 1.54) is 22.3 Å². The fourth-order valence-corrected chi connectivity index (χ4v) is 11.9. The summed E-state index contributed by atoms with van der Waals surface area (Å²) in [6.45, 7) is 22.3. The molecule has 3 unspecified atom stereocenters. The lowest BCUT2D eigenvalue weighted by atomic mass is 9.49. The zero-order chi connectivity index (χ0) is 32.7. The molecule has 6 rings (SSSR count). The lowest BCUT2D eigenvalue weighted by Gasteiger charge is -2.57. The summed E-state index contributed by atoms with van der Waals surface area (Å²) in [4.78, 5) is 0. The van der Waals surface area contributed by atoms with Gasteiger partial charge in [-0.1, -0.05) is 57.5 Å². The van der Waals surface area contributed by atoms with Crippen molar-refractivity contribution in [3.63, 3.8) is 0 Å². The number of allylic oxidation sites excluding steroid dienone is 1. The van der Waals surface area contributed by atoms with Crippen LogP contribution in [-0.4, -0.2) is 51.9 Å². The average molecular weight is 652 g/mol. The Hall–Kier alpha value is -1.32. The zero-order valence-corrected chi connectivity index (χ0v) is 31.3. The summed E-state index contributed by atoms with van der Waals surface area (Å²) in [5.74, 6) is 0.184. The number of nitrogens with zero attached hydrogens (tertiary/aromatic N) is 1. The van der Waals surface area contributed by atoms with Gasteiger partial charge >= 0.3 is 0 Å². The molecule has 5 aliphatic rings. The number of hydrogen-bond donors (Lipinski definition) is 1. The van der Waals surface area contributed by atoms with E-state index in [4.69, 9.17) is 18.3 Å². The molecule has 45 heavy (non-hydrogen) atoms. The van der Waals surface area contributed by atoms with Crippen LogP contribution in [0.2, 0.25) is 37.8 Å². The molecule has 1 saturated heterocycles. The Labute approximate surface area is 274 Å². The predicted octanol–water partition coefficient (Wildman–Crippen LogP) is 8.59. The maximum Gasteiger partial charge on any atom is 0.192 e. The molecule has 0 amide bonds. The second-order valence-corrected chi connectivity index (χ2v) is 26.9. The molecular formula is C37H57NO5Si2. The average Bonchev–Trinajstić information content (AvgIpc) is 3.51. The highest BCUT2D eigenvalue weighted by molar-refractivity contribution is 6.74. The molecule has 1 aliphatic heterocycles. The van der Waals surface area contributed by atoms with Gasteiger partial charge in [-0.3, -0.25) is 0 Å². The van der Waals surface area contributed by atoms with E-state index in [9.17, 15) is 10.4 Å². The molecule has 1 spiro atoms. The first kappa shape index (κ1) is 33.6. The molecule has 1 N–H and O–H groups in total. The molecule has 4 fully saturated rings. The normalized spacial score (nSPS) is 36.4. The van der Waals surface area contributed by atoms with E-state index in [0.29, 0.717) is 38.1 Å². The van der Waals surface area contributed by atoms with Gasteiger partial charge in [0.25, 0.3) is 0 Å². The van der Waals surface area contributed by atoms with Gasteiger partial charge in [-0.25, -0.2) is 0 Å². The monoisotopic (exact) mass is 651 g/mol. The Morgan fingerprint density at radius 3 is 2.27 bits per heavy atom. The number of hydrogen-bond acceptors (Lipinski definition) is 6. The highest BCUT2D eigenvalue weighted by Crippen LogP contribution is 2.69. The summed E-state index contributed by atoms with van der Waals surface area (Å²) in [7, 11) is -3.86. The fourth-order valence-electron chi connectivity index (χ4n) is 9.52. The van der Waals surface area contributed by atoms with Gasteiger partial charge in [-0.15, -0.1) is 0 Å². The number of benzene rings is 1. The molecule has 0 radical (unpaired) electrons. The second-order valence-electron chi connectivity index (χ2n) is 17.7. The minimum absolute atomic E-state index is 0.129. The van der Waals surface area contributed by atoms with Gasteiger partial charge in [-0.2, -0.15) is 5.26 Å². The first-order valence-corrected chi connectivity index (χ1v) is 23.8. The van der Waals surface area contributed by atoms with Crippen LogP contribution in [-0.2, 0) is 24.9 Å². The van der Waals surface area contributed by atoms with Crippen molar-refractivity contribution < 1.29 is 23.4 Å². The van der Waals surface area contributed by atoms with Crippen LogP contribution in [0.3, 0.4) is 0 Å². The lowest BCUT2D eigenvalue weighted by molar-refractivity contribution is -0.208. The van der Waals surface area contributed by atoms with Crippen molar-refractivity contribution in [1.82, 2.24) is 0 Å². The van der Waals surface area contributed by atoms with Gasteiger partial charge in [0.15, 0.2) is 22.4 Å². The van der Waals surface area contributed by atoms with E-state index in [-0.39, 0.29) is 16.4 Å². The standard InChI is InChI=1S/C37H57NO5Si2/c1-33(2,3)45(8,9)42-23-26-10-12-27(13-11-26)29-22-34(4)30(15-18-36(34,25-38)43-44(5,6)7)28-14-17-35(39)24-37(40-20-21-41-37)19-16-31(35)32(28)29/h10-13,28-30,39H,14-24H2,1-9H3/t28?,29-,30?,34+,35-,36?/m1/s1. The van der Waals surface area contributed by atoms with E-state index in [1.807, 2.05) is 0 Å². The second kappa shape index (κ2) is 11.1. The van der Waals surface area contributed by atoms with Gasteiger partial charge in [0.05, 0.1) is 31.5 Å². The molecule has 6 atom stereocenters. The maximum absolute atomic E-state index is 12.4. The molecule has 0 bridgehead atoms. The van der Waals surface area contributed by atoms with Crippen LogP contribution in [0, 0.1) is 28.6 Å². The van der Waals surface area contributed by atoms with E-state index in [0.717, 1.165) is 44.9 Å². The first-order valence-electron chi connectivity index (χ1n) is 17.4. The highest BCUT2D eigenvalue weighted by Gasteiger charge is 2.66. The summed E-state index contributed by atoms with van der Waals surface area (Å²) in [5.41, 5.74) is 3.22. The third kappa shape index (κ3) is 5.66. The maximum atomic E-state index is 12.4. The molecule has 248 valence electrons. The first-order chi connectivity index (χ1) is 20.9. The van der Waals surface area contributed by atoms with Crippen molar-refractivity contribution in [2.45, 2.75) is 146 Å². The minimum Gasteiger partial charge on any atom is -0.413 e. The van der Waals surface area contributed by atoms with E-state index < -0.39 is 33.6 Å². The summed E-state index contributed by atoms with van der Waals surface area (Å²) in [6, 6.07) is 11.9. The molecule has 0 aromatic heterocycles. The van der Waals surface area contributed by atoms with Crippen LogP contribution in [0.15, 0.2) is 35.4 Å². The van der Waals surface area contributed by atoms with E-state index in [1.54, 1.807) is 0 Å². The Balaban J connectivity index is 1.40. The van der Waals surface area contributed by atoms with Gasteiger partial charge in [0.2, 0.25) is 0 Å². The van der Waals surface area contributed by atoms with Crippen LogP contribution in [0.5, 0.6) is 0 Å². The smallest absolute Gasteiger partial charge is 0.192 e. The SMILES string of the molecule is CC(C)(C)[Si](C)(C)OCc1ccc([C@H]2C[C@@]3(C)C(CCC3(C#N)O[Si](C)(C)C)C3CC[C@@]4(O)CC5(CCC4=C32)OCCO5)cc1. The molecule has 1 aromatic rings. The minimum atomic E-state index is -2.00. The highest BCUT2D eigenvalue weighted by atomic mass is 28.4. The predicted molar refractivity (Wildman–Crippen MR) is 183 cm³/mol. The number of nitriles is 1. The van der Waals surface area contributed by atoms with Crippen LogP contribution < -0.4 is 0 Å². The summed E-state index contributed by atoms with van der Waals surface area (Å²) >= 11 is 0. The third-order valence-corrected chi connectivity index (χ3v) is 18.2. The summed E-state index contributed by atoms with van der Waals surface area (Å²) in [5, 5.41) is 23.4. The van der Waals surface area contributed by atoms with E-state index >= 15 is 0 Å². The van der Waals surface area contributed by atoms with Crippen molar-refractivity contribution in [2.75, 3.05) is 13.2 Å². The molecule has 4 aliphatic carbocycles. The van der Waals surface area contributed by atoms with Gasteiger partial charge in [0, 0.05) is 24.2 Å². The Morgan fingerprint density at radius 1 is 1.00 bits per heavy atom. The molecule has 1 aromatic carbocycles. The van der Waals surface area contributed by atoms with E-state index in [2.05, 4.69) is 90.8 Å². The Bertz CT molecular complexity index is 1360. The van der Waals surface area contributed by atoms with Crippen LogP contribution in [0.25, 0.3) is 0 Å². The molecule has 3 saturated carbocycles. The number of rotatable bonds is 6. The molecule has 8 heteroatoms. The zero-order valence-electron chi connectivity index (χ0n) is 29.3. The Morgan fingerprint density at radius 2 is 1.67 bits per heavy atom. The molecule has 1 heterocycles. The van der Waals surface area contributed by atoms with Crippen LogP contribution in [0.4, 0.5) is 0 Å². The third-order valence-electron chi connectivity index (χ3n) is 12.8.